The fourth-order valence-corrected chi connectivity index (χ4v) is 2.75. The third kappa shape index (κ3) is 3.51. The van der Waals surface area contributed by atoms with Crippen molar-refractivity contribution in [1.82, 2.24) is 4.90 Å². The Bertz CT molecular complexity index is 461. The number of hydrogen-bond acceptors (Lipinski definition) is 3. The quantitative estimate of drug-likeness (QED) is 0.868. The Morgan fingerprint density at radius 1 is 1.50 bits per heavy atom. The number of rotatable bonds is 6. The lowest BCUT2D eigenvalue weighted by atomic mass is 10.0. The molecule has 110 valence electrons. The highest BCUT2D eigenvalue weighted by atomic mass is 16.5. The summed E-state index contributed by atoms with van der Waals surface area (Å²) in [5.74, 6) is -0.0273. The molecule has 20 heavy (non-hydrogen) atoms. The largest absolute Gasteiger partial charge is 0.494 e. The van der Waals surface area contributed by atoms with Crippen molar-refractivity contribution in [3.8, 4) is 5.75 Å². The van der Waals surface area contributed by atoms with Gasteiger partial charge < -0.3 is 9.84 Å². The van der Waals surface area contributed by atoms with Crippen LogP contribution in [-0.4, -0.2) is 35.2 Å². The molecule has 0 bridgehead atoms. The third-order valence-corrected chi connectivity index (χ3v) is 3.96. The lowest BCUT2D eigenvalue weighted by Gasteiger charge is -2.23. The third-order valence-electron chi connectivity index (χ3n) is 3.96. The first kappa shape index (κ1) is 14.9. The summed E-state index contributed by atoms with van der Waals surface area (Å²) in [6, 6.07) is 8.17. The van der Waals surface area contributed by atoms with Gasteiger partial charge in [-0.05, 0) is 44.0 Å². The van der Waals surface area contributed by atoms with Crippen LogP contribution in [0.5, 0.6) is 5.75 Å². The van der Waals surface area contributed by atoms with Gasteiger partial charge in [-0.1, -0.05) is 19.1 Å². The van der Waals surface area contributed by atoms with Gasteiger partial charge in [0, 0.05) is 12.6 Å². The number of aliphatic carboxylic acids is 1. The minimum Gasteiger partial charge on any atom is -0.494 e. The number of benzene rings is 1. The minimum absolute atomic E-state index is 0.0905. The molecule has 4 heteroatoms. The van der Waals surface area contributed by atoms with Crippen molar-refractivity contribution < 1.29 is 14.6 Å². The molecule has 1 aromatic carbocycles. The van der Waals surface area contributed by atoms with Crippen LogP contribution in [0.15, 0.2) is 24.3 Å². The van der Waals surface area contributed by atoms with E-state index in [1.54, 1.807) is 0 Å². The second-order valence-electron chi connectivity index (χ2n) is 5.44. The van der Waals surface area contributed by atoms with Gasteiger partial charge in [0.2, 0.25) is 0 Å². The molecule has 4 nitrogen and oxygen atoms in total. The average molecular weight is 277 g/mol. The van der Waals surface area contributed by atoms with Gasteiger partial charge in [0.1, 0.15) is 5.75 Å². The van der Waals surface area contributed by atoms with Crippen LogP contribution < -0.4 is 4.74 Å². The standard InChI is InChI=1S/C16H23NO3/c1-3-9-20-14-6-4-5-13(10-14)11-17-8-7-15(12(17)2)16(18)19/h4-6,10,12,15H,3,7-9,11H2,1-2H3,(H,18,19). The second-order valence-corrected chi connectivity index (χ2v) is 5.44. The summed E-state index contributed by atoms with van der Waals surface area (Å²) in [7, 11) is 0. The fourth-order valence-electron chi connectivity index (χ4n) is 2.75. The second kappa shape index (κ2) is 6.75. The summed E-state index contributed by atoms with van der Waals surface area (Å²) in [6.07, 6.45) is 1.73. The van der Waals surface area contributed by atoms with Gasteiger partial charge in [0.25, 0.3) is 0 Å². The van der Waals surface area contributed by atoms with Gasteiger partial charge >= 0.3 is 5.97 Å². The fraction of sp³-hybridized carbons (Fsp3) is 0.562. The number of ether oxygens (including phenoxy) is 1. The van der Waals surface area contributed by atoms with E-state index in [1.807, 2.05) is 19.1 Å². The molecule has 0 aromatic heterocycles. The van der Waals surface area contributed by atoms with Crippen molar-refractivity contribution in [3.63, 3.8) is 0 Å². The monoisotopic (exact) mass is 277 g/mol. The Kier molecular flexibility index (Phi) is 5.01. The topological polar surface area (TPSA) is 49.8 Å². The number of carbonyl (C=O) groups is 1. The van der Waals surface area contributed by atoms with Gasteiger partial charge in [0.15, 0.2) is 0 Å². The van der Waals surface area contributed by atoms with Gasteiger partial charge in [-0.25, -0.2) is 0 Å². The number of carboxylic acid groups (broad SMARTS) is 1. The minimum atomic E-state index is -0.681. The molecule has 1 aliphatic heterocycles. The summed E-state index contributed by atoms with van der Waals surface area (Å²) in [6.45, 7) is 6.45. The first-order chi connectivity index (χ1) is 9.61. The molecule has 2 rings (SSSR count). The molecule has 2 unspecified atom stereocenters. The highest BCUT2D eigenvalue weighted by Gasteiger charge is 2.35. The molecule has 1 fully saturated rings. The molecule has 0 radical (unpaired) electrons. The predicted octanol–water partition coefficient (Wildman–Crippen LogP) is 2.77. The Labute approximate surface area is 120 Å². The van der Waals surface area contributed by atoms with E-state index in [0.29, 0.717) is 0 Å². The van der Waals surface area contributed by atoms with Gasteiger partial charge in [-0.2, -0.15) is 0 Å². The van der Waals surface area contributed by atoms with Crippen LogP contribution in [0.1, 0.15) is 32.3 Å². The van der Waals surface area contributed by atoms with Crippen LogP contribution in [0.25, 0.3) is 0 Å². The number of hydrogen-bond donors (Lipinski definition) is 1. The Morgan fingerprint density at radius 3 is 2.95 bits per heavy atom. The zero-order chi connectivity index (χ0) is 14.5. The van der Waals surface area contributed by atoms with Crippen molar-refractivity contribution in [2.45, 2.75) is 39.3 Å². The SMILES string of the molecule is CCCOc1cccc(CN2CCC(C(=O)O)C2C)c1. The summed E-state index contributed by atoms with van der Waals surface area (Å²) in [5.41, 5.74) is 1.18. The van der Waals surface area contributed by atoms with Crippen molar-refractivity contribution in [3.05, 3.63) is 29.8 Å². The molecule has 0 amide bonds. The Hall–Kier alpha value is -1.55. The maximum Gasteiger partial charge on any atom is 0.308 e. The summed E-state index contributed by atoms with van der Waals surface area (Å²) in [5, 5.41) is 9.16. The van der Waals surface area contributed by atoms with Crippen molar-refractivity contribution >= 4 is 5.97 Å². The van der Waals surface area contributed by atoms with Crippen LogP contribution in [0, 0.1) is 5.92 Å². The zero-order valence-corrected chi connectivity index (χ0v) is 12.2. The van der Waals surface area contributed by atoms with Gasteiger partial charge in [0.05, 0.1) is 12.5 Å². The highest BCUT2D eigenvalue weighted by molar-refractivity contribution is 5.71. The van der Waals surface area contributed by atoms with E-state index in [1.165, 1.54) is 5.56 Å². The number of carboxylic acids is 1. The Morgan fingerprint density at radius 2 is 2.30 bits per heavy atom. The molecule has 2 atom stereocenters. The predicted molar refractivity (Wildman–Crippen MR) is 77.8 cm³/mol. The van der Waals surface area contributed by atoms with Gasteiger partial charge in [-0.3, -0.25) is 9.69 Å². The number of likely N-dealkylation sites (tertiary alicyclic amines) is 1. The molecule has 1 saturated heterocycles. The number of nitrogens with zero attached hydrogens (tertiary/aromatic N) is 1. The van der Waals surface area contributed by atoms with Crippen LogP contribution in [0.4, 0.5) is 0 Å². The van der Waals surface area contributed by atoms with Crippen LogP contribution in [0.2, 0.25) is 0 Å². The van der Waals surface area contributed by atoms with Crippen molar-refractivity contribution in [1.29, 1.82) is 0 Å². The van der Waals surface area contributed by atoms with E-state index < -0.39 is 5.97 Å². The molecule has 0 saturated carbocycles. The molecule has 1 aromatic rings. The lowest BCUT2D eigenvalue weighted by Crippen LogP contribution is -2.32. The van der Waals surface area contributed by atoms with Gasteiger partial charge in [-0.15, -0.1) is 0 Å². The van der Waals surface area contributed by atoms with E-state index in [9.17, 15) is 4.79 Å². The van der Waals surface area contributed by atoms with E-state index in [2.05, 4.69) is 24.0 Å². The van der Waals surface area contributed by atoms with Crippen LogP contribution in [0.3, 0.4) is 0 Å². The van der Waals surface area contributed by atoms with Crippen molar-refractivity contribution in [2.24, 2.45) is 5.92 Å². The smallest absolute Gasteiger partial charge is 0.308 e. The first-order valence-electron chi connectivity index (χ1n) is 7.30. The normalized spacial score (nSPS) is 22.9. The first-order valence-corrected chi connectivity index (χ1v) is 7.30. The molecular formula is C16H23NO3. The molecule has 0 aliphatic carbocycles. The van der Waals surface area contributed by atoms with E-state index in [4.69, 9.17) is 9.84 Å². The van der Waals surface area contributed by atoms with Crippen LogP contribution in [-0.2, 0) is 11.3 Å². The molecule has 1 heterocycles. The maximum absolute atomic E-state index is 11.1. The summed E-state index contributed by atoms with van der Waals surface area (Å²) < 4.78 is 5.63. The van der Waals surface area contributed by atoms with E-state index >= 15 is 0 Å². The zero-order valence-electron chi connectivity index (χ0n) is 12.2. The Balaban J connectivity index is 1.98. The molecule has 1 N–H and O–H groups in total. The maximum atomic E-state index is 11.1. The molecule has 1 aliphatic rings. The summed E-state index contributed by atoms with van der Waals surface area (Å²) in [4.78, 5) is 13.4. The van der Waals surface area contributed by atoms with Crippen LogP contribution >= 0.6 is 0 Å². The summed E-state index contributed by atoms with van der Waals surface area (Å²) >= 11 is 0. The van der Waals surface area contributed by atoms with Crippen molar-refractivity contribution in [2.75, 3.05) is 13.2 Å². The van der Waals surface area contributed by atoms with E-state index in [0.717, 1.165) is 38.3 Å². The average Bonchev–Trinajstić information content (AvgIpc) is 2.78. The molecule has 0 spiro atoms. The highest BCUT2D eigenvalue weighted by Crippen LogP contribution is 2.26. The lowest BCUT2D eigenvalue weighted by molar-refractivity contribution is -0.142. The molecular weight excluding hydrogens is 254 g/mol. The van der Waals surface area contributed by atoms with E-state index in [-0.39, 0.29) is 12.0 Å².